The molecule has 54 valence electrons. The lowest BCUT2D eigenvalue weighted by molar-refractivity contribution is -0.00529. The number of nitrogens with zero attached hydrogens (tertiary/aromatic N) is 1. The van der Waals surface area contributed by atoms with E-state index in [1.807, 2.05) is 0 Å². The lowest BCUT2D eigenvalue weighted by atomic mass is 10.1. The molecule has 0 aromatic heterocycles. The molecule has 4 nitrogen and oxygen atoms in total. The fourth-order valence-corrected chi connectivity index (χ4v) is 1.02. The Balaban J connectivity index is 2.45. The van der Waals surface area contributed by atoms with Gasteiger partial charge in [0.25, 0.3) is 0 Å². The van der Waals surface area contributed by atoms with Crippen molar-refractivity contribution in [3.05, 3.63) is 0 Å². The lowest BCUT2D eigenvalue weighted by Gasteiger charge is -2.17. The highest BCUT2D eigenvalue weighted by Crippen LogP contribution is 2.16. The van der Waals surface area contributed by atoms with Crippen LogP contribution < -0.4 is 5.84 Å². The third-order valence-electron chi connectivity index (χ3n) is 1.66. The highest BCUT2D eigenvalue weighted by Gasteiger charge is 2.33. The summed E-state index contributed by atoms with van der Waals surface area (Å²) in [6.07, 6.45) is 0.569. The molecule has 1 aliphatic rings. The summed E-state index contributed by atoms with van der Waals surface area (Å²) in [5, 5.41) is 19.4. The van der Waals surface area contributed by atoms with Crippen molar-refractivity contribution >= 4 is 0 Å². The van der Waals surface area contributed by atoms with Crippen molar-refractivity contribution in [2.24, 2.45) is 5.84 Å². The second-order valence-corrected chi connectivity index (χ2v) is 2.60. The molecule has 0 amide bonds. The summed E-state index contributed by atoms with van der Waals surface area (Å²) in [6.45, 7) is 0.848. The lowest BCUT2D eigenvalue weighted by Crippen LogP contribution is -2.38. The number of rotatable bonds is 1. The summed E-state index contributed by atoms with van der Waals surface area (Å²) >= 11 is 0. The predicted octanol–water partition coefficient (Wildman–Crippen LogP) is -1.71. The van der Waals surface area contributed by atoms with E-state index in [-0.39, 0.29) is 6.61 Å². The zero-order valence-corrected chi connectivity index (χ0v) is 5.25. The second kappa shape index (κ2) is 2.22. The zero-order chi connectivity index (χ0) is 6.91. The summed E-state index contributed by atoms with van der Waals surface area (Å²) < 4.78 is 0. The number of hydrogen-bond donors (Lipinski definition) is 3. The van der Waals surface area contributed by atoms with Crippen LogP contribution in [-0.2, 0) is 0 Å². The van der Waals surface area contributed by atoms with Crippen LogP contribution in [0.4, 0.5) is 0 Å². The third kappa shape index (κ3) is 1.40. The molecule has 1 heterocycles. The summed E-state index contributed by atoms with van der Waals surface area (Å²) in [6, 6.07) is 0. The predicted molar refractivity (Wildman–Crippen MR) is 32.4 cm³/mol. The molecule has 0 saturated carbocycles. The van der Waals surface area contributed by atoms with E-state index in [1.54, 1.807) is 0 Å². The first-order chi connectivity index (χ1) is 4.16. The van der Waals surface area contributed by atoms with Crippen LogP contribution in [0.2, 0.25) is 0 Å². The molecule has 4 heteroatoms. The second-order valence-electron chi connectivity index (χ2n) is 2.60. The van der Waals surface area contributed by atoms with Gasteiger partial charge in [-0.3, -0.25) is 5.84 Å². The molecule has 1 atom stereocenters. The first-order valence-electron chi connectivity index (χ1n) is 2.99. The largest absolute Gasteiger partial charge is 0.393 e. The molecule has 9 heavy (non-hydrogen) atoms. The summed E-state index contributed by atoms with van der Waals surface area (Å²) in [5.41, 5.74) is -0.936. The standard InChI is InChI=1S/C5H12N2O2/c6-7-2-1-5(9,3-7)4-8/h8-9H,1-4,6H2. The van der Waals surface area contributed by atoms with Gasteiger partial charge in [-0.1, -0.05) is 0 Å². The highest BCUT2D eigenvalue weighted by molar-refractivity contribution is 4.86. The van der Waals surface area contributed by atoms with E-state index in [1.165, 1.54) is 5.01 Å². The maximum Gasteiger partial charge on any atom is 0.103 e. The van der Waals surface area contributed by atoms with E-state index in [4.69, 9.17) is 10.9 Å². The highest BCUT2D eigenvalue weighted by atomic mass is 16.3. The molecule has 0 spiro atoms. The van der Waals surface area contributed by atoms with Gasteiger partial charge in [0.2, 0.25) is 0 Å². The van der Waals surface area contributed by atoms with Crippen molar-refractivity contribution in [3.63, 3.8) is 0 Å². The van der Waals surface area contributed by atoms with E-state index in [0.29, 0.717) is 19.5 Å². The molecule has 0 aromatic carbocycles. The Morgan fingerprint density at radius 2 is 2.33 bits per heavy atom. The molecule has 1 unspecified atom stereocenters. The molecule has 1 saturated heterocycles. The summed E-state index contributed by atoms with van der Waals surface area (Å²) in [7, 11) is 0. The van der Waals surface area contributed by atoms with E-state index >= 15 is 0 Å². The van der Waals surface area contributed by atoms with Gasteiger partial charge in [-0.25, -0.2) is 5.01 Å². The minimum absolute atomic E-state index is 0.194. The minimum Gasteiger partial charge on any atom is -0.393 e. The van der Waals surface area contributed by atoms with Gasteiger partial charge >= 0.3 is 0 Å². The molecular weight excluding hydrogens is 120 g/mol. The van der Waals surface area contributed by atoms with E-state index in [2.05, 4.69) is 0 Å². The average molecular weight is 132 g/mol. The van der Waals surface area contributed by atoms with Gasteiger partial charge in [-0.2, -0.15) is 0 Å². The number of hydrazine groups is 1. The van der Waals surface area contributed by atoms with Gasteiger partial charge in [-0.05, 0) is 6.42 Å². The Labute approximate surface area is 53.9 Å². The van der Waals surface area contributed by atoms with Crippen LogP contribution in [0.1, 0.15) is 6.42 Å². The van der Waals surface area contributed by atoms with E-state index in [9.17, 15) is 5.11 Å². The third-order valence-corrected chi connectivity index (χ3v) is 1.66. The van der Waals surface area contributed by atoms with Crippen LogP contribution in [0.5, 0.6) is 0 Å². The Bertz CT molecular complexity index is 109. The van der Waals surface area contributed by atoms with Crippen LogP contribution in [0, 0.1) is 0 Å². The SMILES string of the molecule is NN1CCC(O)(CO)C1. The quantitative estimate of drug-likeness (QED) is 0.371. The Hall–Kier alpha value is -0.160. The molecule has 0 bridgehead atoms. The fraction of sp³-hybridized carbons (Fsp3) is 1.00. The Morgan fingerprint density at radius 3 is 2.56 bits per heavy atom. The summed E-state index contributed by atoms with van der Waals surface area (Å²) in [4.78, 5) is 0. The van der Waals surface area contributed by atoms with Crippen LogP contribution in [0.15, 0.2) is 0 Å². The molecule has 1 fully saturated rings. The number of nitrogens with two attached hydrogens (primary N) is 1. The van der Waals surface area contributed by atoms with Crippen LogP contribution in [0.3, 0.4) is 0 Å². The molecule has 0 radical (unpaired) electrons. The van der Waals surface area contributed by atoms with Crippen molar-refractivity contribution in [1.29, 1.82) is 0 Å². The number of aliphatic hydroxyl groups is 2. The van der Waals surface area contributed by atoms with Crippen LogP contribution >= 0.6 is 0 Å². The number of hydrogen-bond acceptors (Lipinski definition) is 4. The van der Waals surface area contributed by atoms with Crippen molar-refractivity contribution in [1.82, 2.24) is 5.01 Å². The molecule has 0 aromatic rings. The van der Waals surface area contributed by atoms with Gasteiger partial charge in [0, 0.05) is 13.1 Å². The Kier molecular flexibility index (Phi) is 1.72. The van der Waals surface area contributed by atoms with Crippen LogP contribution in [0.25, 0.3) is 0 Å². The normalized spacial score (nSPS) is 37.7. The molecule has 1 rings (SSSR count). The van der Waals surface area contributed by atoms with Crippen molar-refractivity contribution in [2.75, 3.05) is 19.7 Å². The average Bonchev–Trinajstić information content (AvgIpc) is 2.13. The van der Waals surface area contributed by atoms with Crippen molar-refractivity contribution in [2.45, 2.75) is 12.0 Å². The first-order valence-corrected chi connectivity index (χ1v) is 2.99. The topological polar surface area (TPSA) is 69.7 Å². The zero-order valence-electron chi connectivity index (χ0n) is 5.25. The molecular formula is C5H12N2O2. The molecule has 0 aliphatic carbocycles. The van der Waals surface area contributed by atoms with Gasteiger partial charge < -0.3 is 10.2 Å². The monoisotopic (exact) mass is 132 g/mol. The number of aliphatic hydroxyl groups excluding tert-OH is 1. The fourth-order valence-electron chi connectivity index (χ4n) is 1.02. The van der Waals surface area contributed by atoms with Gasteiger partial charge in [0.15, 0.2) is 0 Å². The smallest absolute Gasteiger partial charge is 0.103 e. The van der Waals surface area contributed by atoms with E-state index in [0.717, 1.165) is 0 Å². The maximum atomic E-state index is 9.30. The van der Waals surface area contributed by atoms with Crippen molar-refractivity contribution < 1.29 is 10.2 Å². The van der Waals surface area contributed by atoms with Crippen LogP contribution in [-0.4, -0.2) is 40.5 Å². The van der Waals surface area contributed by atoms with Crippen molar-refractivity contribution in [3.8, 4) is 0 Å². The van der Waals surface area contributed by atoms with Gasteiger partial charge in [-0.15, -0.1) is 0 Å². The van der Waals surface area contributed by atoms with E-state index < -0.39 is 5.60 Å². The molecule has 1 aliphatic heterocycles. The maximum absolute atomic E-state index is 9.30. The minimum atomic E-state index is -0.936. The Morgan fingerprint density at radius 1 is 1.67 bits per heavy atom. The molecule has 4 N–H and O–H groups in total. The summed E-state index contributed by atoms with van der Waals surface area (Å²) in [5.74, 6) is 5.35. The number of β-amino-alcohol motifs (C(OH)–C–C–N with tert-alkyl or cyclic N) is 1. The van der Waals surface area contributed by atoms with Gasteiger partial charge in [0.05, 0.1) is 6.61 Å². The first kappa shape index (κ1) is 6.95. The van der Waals surface area contributed by atoms with Gasteiger partial charge in [0.1, 0.15) is 5.60 Å².